The highest BCUT2D eigenvalue weighted by atomic mass is 16.3. The van der Waals surface area contributed by atoms with Crippen LogP contribution in [0.3, 0.4) is 0 Å². The van der Waals surface area contributed by atoms with Gasteiger partial charge in [-0.15, -0.1) is 0 Å². The predicted octanol–water partition coefficient (Wildman–Crippen LogP) is 0.500. The molecule has 92 valence electrons. The lowest BCUT2D eigenvalue weighted by atomic mass is 9.89. The van der Waals surface area contributed by atoms with Crippen molar-refractivity contribution in [2.45, 2.75) is 57.2 Å². The normalized spacial score (nSPS) is 35.5. The minimum atomic E-state index is -0.195. The number of amides is 1. The first kappa shape index (κ1) is 11.9. The minimum absolute atomic E-state index is 0.0662. The van der Waals surface area contributed by atoms with E-state index in [1.54, 1.807) is 0 Å². The van der Waals surface area contributed by atoms with Gasteiger partial charge in [0.25, 0.3) is 0 Å². The highest BCUT2D eigenvalue weighted by Crippen LogP contribution is 2.21. The molecule has 0 bridgehead atoms. The van der Waals surface area contributed by atoms with Gasteiger partial charge in [0, 0.05) is 6.04 Å². The summed E-state index contributed by atoms with van der Waals surface area (Å²) in [6.07, 6.45) is 4.60. The number of hydrogen-bond acceptors (Lipinski definition) is 3. The molecule has 1 saturated carbocycles. The Morgan fingerprint density at radius 2 is 2.19 bits per heavy atom. The number of hydrogen-bond donors (Lipinski definition) is 2. The largest absolute Gasteiger partial charge is 0.393 e. The van der Waals surface area contributed by atoms with Crippen LogP contribution in [-0.2, 0) is 4.79 Å². The monoisotopic (exact) mass is 226 g/mol. The number of carbonyl (C=O) groups is 1. The lowest BCUT2D eigenvalue weighted by Gasteiger charge is -2.37. The van der Waals surface area contributed by atoms with E-state index in [-0.39, 0.29) is 24.1 Å². The van der Waals surface area contributed by atoms with Crippen LogP contribution in [0, 0.1) is 0 Å². The second-order valence-electron chi connectivity index (χ2n) is 4.97. The molecule has 2 rings (SSSR count). The summed E-state index contributed by atoms with van der Waals surface area (Å²) in [5, 5.41) is 12.2. The third-order valence-corrected chi connectivity index (χ3v) is 3.78. The summed E-state index contributed by atoms with van der Waals surface area (Å²) in [5.74, 6) is 0.165. The molecule has 2 aliphatic rings. The maximum Gasteiger partial charge on any atom is 0.237 e. The fourth-order valence-corrected chi connectivity index (χ4v) is 2.67. The Morgan fingerprint density at radius 3 is 2.81 bits per heavy atom. The third-order valence-electron chi connectivity index (χ3n) is 3.78. The van der Waals surface area contributed by atoms with Gasteiger partial charge in [-0.05, 0) is 38.8 Å². The zero-order chi connectivity index (χ0) is 11.5. The zero-order valence-corrected chi connectivity index (χ0v) is 9.98. The molecule has 4 heteroatoms. The van der Waals surface area contributed by atoms with Crippen LogP contribution in [0.4, 0.5) is 0 Å². The Balaban J connectivity index is 1.82. The molecule has 1 heterocycles. The molecule has 0 spiro atoms. The Kier molecular flexibility index (Phi) is 3.82. The van der Waals surface area contributed by atoms with Gasteiger partial charge in [0.1, 0.15) is 0 Å². The van der Waals surface area contributed by atoms with E-state index in [4.69, 9.17) is 0 Å². The van der Waals surface area contributed by atoms with Crippen LogP contribution >= 0.6 is 0 Å². The van der Waals surface area contributed by atoms with E-state index in [9.17, 15) is 9.90 Å². The lowest BCUT2D eigenvalue weighted by Crippen LogP contribution is -2.55. The van der Waals surface area contributed by atoms with E-state index in [2.05, 4.69) is 17.1 Å². The molecule has 16 heavy (non-hydrogen) atoms. The standard InChI is InChI=1S/C12H22N2O2/c1-2-14-6-4-3-5-11(14)12(16)13-9-7-10(15)8-9/h9-11,15H,2-8H2,1H3,(H,13,16). The number of aliphatic hydroxyl groups excluding tert-OH is 1. The summed E-state index contributed by atoms with van der Waals surface area (Å²) in [5.41, 5.74) is 0. The molecule has 1 unspecified atom stereocenters. The molecule has 0 aromatic carbocycles. The summed E-state index contributed by atoms with van der Waals surface area (Å²) < 4.78 is 0. The second-order valence-corrected chi connectivity index (χ2v) is 4.97. The molecule has 1 aliphatic heterocycles. The smallest absolute Gasteiger partial charge is 0.237 e. The number of likely N-dealkylation sites (tertiary alicyclic amines) is 1. The Morgan fingerprint density at radius 1 is 1.44 bits per heavy atom. The van der Waals surface area contributed by atoms with Crippen LogP contribution < -0.4 is 5.32 Å². The van der Waals surface area contributed by atoms with Gasteiger partial charge in [0.2, 0.25) is 5.91 Å². The molecule has 2 fully saturated rings. The molecule has 1 saturated heterocycles. The van der Waals surface area contributed by atoms with Gasteiger partial charge in [-0.3, -0.25) is 9.69 Å². The summed E-state index contributed by atoms with van der Waals surface area (Å²) >= 11 is 0. The van der Waals surface area contributed by atoms with Gasteiger partial charge in [-0.2, -0.15) is 0 Å². The third kappa shape index (κ3) is 2.55. The van der Waals surface area contributed by atoms with E-state index in [0.717, 1.165) is 38.8 Å². The van der Waals surface area contributed by atoms with Gasteiger partial charge < -0.3 is 10.4 Å². The van der Waals surface area contributed by atoms with Gasteiger partial charge in [-0.25, -0.2) is 0 Å². The van der Waals surface area contributed by atoms with Crippen LogP contribution in [0.1, 0.15) is 39.0 Å². The van der Waals surface area contributed by atoms with Crippen LogP contribution in [0.15, 0.2) is 0 Å². The van der Waals surface area contributed by atoms with Crippen LogP contribution in [0.2, 0.25) is 0 Å². The summed E-state index contributed by atoms with van der Waals surface area (Å²) in [6.45, 7) is 4.10. The first-order valence-electron chi connectivity index (χ1n) is 6.43. The van der Waals surface area contributed by atoms with Crippen molar-refractivity contribution in [3.8, 4) is 0 Å². The number of rotatable bonds is 3. The number of aliphatic hydroxyl groups is 1. The maximum atomic E-state index is 12.0. The van der Waals surface area contributed by atoms with E-state index in [1.807, 2.05) is 0 Å². The van der Waals surface area contributed by atoms with E-state index < -0.39 is 0 Å². The van der Waals surface area contributed by atoms with Gasteiger partial charge in [0.05, 0.1) is 12.1 Å². The number of nitrogens with one attached hydrogen (secondary N) is 1. The van der Waals surface area contributed by atoms with Crippen molar-refractivity contribution in [3.63, 3.8) is 0 Å². The molecular weight excluding hydrogens is 204 g/mol. The summed E-state index contributed by atoms with van der Waals surface area (Å²) in [4.78, 5) is 14.3. The van der Waals surface area contributed by atoms with Crippen molar-refractivity contribution in [1.82, 2.24) is 10.2 Å². The molecule has 1 amide bonds. The predicted molar refractivity (Wildman–Crippen MR) is 62.1 cm³/mol. The number of piperidine rings is 1. The first-order chi connectivity index (χ1) is 7.70. The maximum absolute atomic E-state index is 12.0. The van der Waals surface area contributed by atoms with Crippen molar-refractivity contribution in [3.05, 3.63) is 0 Å². The quantitative estimate of drug-likeness (QED) is 0.737. The Bertz CT molecular complexity index is 251. The average Bonchev–Trinajstić information content (AvgIpc) is 2.27. The SMILES string of the molecule is CCN1CCCCC1C(=O)NC1CC(O)C1. The Hall–Kier alpha value is -0.610. The first-order valence-corrected chi connectivity index (χ1v) is 6.43. The van der Waals surface area contributed by atoms with Crippen molar-refractivity contribution in [1.29, 1.82) is 0 Å². The lowest BCUT2D eigenvalue weighted by molar-refractivity contribution is -0.129. The van der Waals surface area contributed by atoms with Crippen LogP contribution in [-0.4, -0.2) is 47.2 Å². The molecule has 0 radical (unpaired) electrons. The number of nitrogens with zero attached hydrogens (tertiary/aromatic N) is 1. The summed E-state index contributed by atoms with van der Waals surface area (Å²) in [7, 11) is 0. The van der Waals surface area contributed by atoms with Gasteiger partial charge >= 0.3 is 0 Å². The van der Waals surface area contributed by atoms with Crippen molar-refractivity contribution in [2.24, 2.45) is 0 Å². The summed E-state index contributed by atoms with van der Waals surface area (Å²) in [6, 6.07) is 0.277. The van der Waals surface area contributed by atoms with Crippen molar-refractivity contribution < 1.29 is 9.90 Å². The molecule has 0 aromatic heterocycles. The Labute approximate surface area is 97.0 Å². The number of likely N-dealkylation sites (N-methyl/N-ethyl adjacent to an activating group) is 1. The average molecular weight is 226 g/mol. The van der Waals surface area contributed by atoms with Crippen LogP contribution in [0.25, 0.3) is 0 Å². The second kappa shape index (κ2) is 5.15. The minimum Gasteiger partial charge on any atom is -0.393 e. The molecular formula is C12H22N2O2. The molecule has 2 N–H and O–H groups in total. The fraction of sp³-hybridized carbons (Fsp3) is 0.917. The van der Waals surface area contributed by atoms with Crippen LogP contribution in [0.5, 0.6) is 0 Å². The zero-order valence-electron chi connectivity index (χ0n) is 9.98. The van der Waals surface area contributed by atoms with Crippen molar-refractivity contribution >= 4 is 5.91 Å². The fourth-order valence-electron chi connectivity index (χ4n) is 2.67. The van der Waals surface area contributed by atoms with E-state index >= 15 is 0 Å². The van der Waals surface area contributed by atoms with E-state index in [1.165, 1.54) is 6.42 Å². The van der Waals surface area contributed by atoms with Gasteiger partial charge in [-0.1, -0.05) is 13.3 Å². The molecule has 1 atom stereocenters. The van der Waals surface area contributed by atoms with E-state index in [0.29, 0.717) is 0 Å². The molecule has 0 aromatic rings. The highest BCUT2D eigenvalue weighted by Gasteiger charge is 2.33. The topological polar surface area (TPSA) is 52.6 Å². The highest BCUT2D eigenvalue weighted by molar-refractivity contribution is 5.82. The number of carbonyl (C=O) groups excluding carboxylic acids is 1. The van der Waals surface area contributed by atoms with Gasteiger partial charge in [0.15, 0.2) is 0 Å². The molecule has 4 nitrogen and oxygen atoms in total. The van der Waals surface area contributed by atoms with Crippen molar-refractivity contribution in [2.75, 3.05) is 13.1 Å². The molecule has 1 aliphatic carbocycles.